The van der Waals surface area contributed by atoms with Gasteiger partial charge in [0.25, 0.3) is 0 Å². The van der Waals surface area contributed by atoms with Gasteiger partial charge in [-0.1, -0.05) is 55.8 Å². The molecule has 28 heavy (non-hydrogen) atoms. The second kappa shape index (κ2) is 8.74. The first-order valence-corrected chi connectivity index (χ1v) is 9.75. The van der Waals surface area contributed by atoms with E-state index in [1.807, 2.05) is 54.1 Å². The minimum atomic E-state index is -0.937. The van der Waals surface area contributed by atoms with Gasteiger partial charge in [0.05, 0.1) is 12.1 Å². The number of aryl methyl sites for hydroxylation is 2. The first kappa shape index (κ1) is 19.7. The Morgan fingerprint density at radius 1 is 1.04 bits per heavy atom. The van der Waals surface area contributed by atoms with Crippen molar-refractivity contribution in [1.29, 1.82) is 0 Å². The smallest absolute Gasteiger partial charge is 0.336 e. The molecule has 0 aliphatic rings. The second-order valence-corrected chi connectivity index (χ2v) is 6.93. The summed E-state index contributed by atoms with van der Waals surface area (Å²) in [7, 11) is 0. The Kier molecular flexibility index (Phi) is 6.14. The van der Waals surface area contributed by atoms with Crippen LogP contribution < -0.4 is 5.69 Å². The van der Waals surface area contributed by atoms with E-state index in [-0.39, 0.29) is 11.3 Å². The fraction of sp³-hybridized carbons (Fsp3) is 0.304. The summed E-state index contributed by atoms with van der Waals surface area (Å²) in [6.07, 6.45) is 5.00. The van der Waals surface area contributed by atoms with E-state index in [0.29, 0.717) is 18.7 Å². The number of aromatic carboxylic acids is 1. The van der Waals surface area contributed by atoms with Crippen molar-refractivity contribution in [1.82, 2.24) is 9.13 Å². The molecule has 0 saturated carbocycles. The van der Waals surface area contributed by atoms with Gasteiger partial charge in [0.15, 0.2) is 0 Å². The Morgan fingerprint density at radius 2 is 1.75 bits per heavy atom. The number of imidazole rings is 1. The molecule has 0 spiro atoms. The predicted octanol–water partition coefficient (Wildman–Crippen LogP) is 4.43. The van der Waals surface area contributed by atoms with Crippen LogP contribution in [0, 0.1) is 0 Å². The highest BCUT2D eigenvalue weighted by atomic mass is 16.4. The van der Waals surface area contributed by atoms with E-state index < -0.39 is 5.97 Å². The zero-order valence-electron chi connectivity index (χ0n) is 16.4. The zero-order valence-corrected chi connectivity index (χ0v) is 16.4. The fourth-order valence-corrected chi connectivity index (χ4v) is 3.43. The molecule has 0 radical (unpaired) electrons. The number of hydrogen-bond acceptors (Lipinski definition) is 2. The van der Waals surface area contributed by atoms with Crippen molar-refractivity contribution in [2.45, 2.75) is 46.2 Å². The lowest BCUT2D eigenvalue weighted by molar-refractivity contribution is 0.0697. The summed E-state index contributed by atoms with van der Waals surface area (Å²) in [6.45, 7) is 5.30. The maximum atomic E-state index is 12.7. The molecule has 0 atom stereocenters. The van der Waals surface area contributed by atoms with E-state index in [0.717, 1.165) is 36.1 Å². The van der Waals surface area contributed by atoms with Gasteiger partial charge in [0.1, 0.15) is 0 Å². The van der Waals surface area contributed by atoms with E-state index in [4.69, 9.17) is 0 Å². The quantitative estimate of drug-likeness (QED) is 0.631. The largest absolute Gasteiger partial charge is 0.478 e. The Labute approximate surface area is 164 Å². The Balaban J connectivity index is 1.89. The van der Waals surface area contributed by atoms with Crippen molar-refractivity contribution in [2.75, 3.05) is 0 Å². The molecule has 0 fully saturated rings. The molecule has 5 heteroatoms. The Morgan fingerprint density at radius 3 is 2.39 bits per heavy atom. The van der Waals surface area contributed by atoms with Gasteiger partial charge in [-0.15, -0.1) is 0 Å². The van der Waals surface area contributed by atoms with Crippen LogP contribution in [-0.2, 0) is 19.5 Å². The van der Waals surface area contributed by atoms with Crippen LogP contribution in [0.2, 0.25) is 0 Å². The molecule has 1 heterocycles. The first-order chi connectivity index (χ1) is 13.5. The lowest BCUT2D eigenvalue weighted by Gasteiger charge is -2.10. The van der Waals surface area contributed by atoms with Crippen molar-refractivity contribution in [3.63, 3.8) is 0 Å². The van der Waals surface area contributed by atoms with Gasteiger partial charge < -0.3 is 5.11 Å². The summed E-state index contributed by atoms with van der Waals surface area (Å²) in [5.41, 5.74) is 3.94. The first-order valence-electron chi connectivity index (χ1n) is 9.75. The lowest BCUT2D eigenvalue weighted by atomic mass is 9.99. The van der Waals surface area contributed by atoms with Crippen LogP contribution in [0.1, 0.15) is 48.3 Å². The van der Waals surface area contributed by atoms with E-state index in [1.54, 1.807) is 16.7 Å². The number of carboxylic acid groups (broad SMARTS) is 1. The molecule has 0 aliphatic heterocycles. The molecule has 0 saturated heterocycles. The molecular weight excluding hydrogens is 352 g/mol. The van der Waals surface area contributed by atoms with Crippen molar-refractivity contribution < 1.29 is 9.90 Å². The fourth-order valence-electron chi connectivity index (χ4n) is 3.43. The van der Waals surface area contributed by atoms with Gasteiger partial charge in [-0.05, 0) is 42.5 Å². The molecule has 0 aliphatic carbocycles. The van der Waals surface area contributed by atoms with Crippen molar-refractivity contribution in [2.24, 2.45) is 0 Å². The molecule has 1 N–H and O–H groups in total. The number of benzene rings is 2. The van der Waals surface area contributed by atoms with Gasteiger partial charge >= 0.3 is 11.7 Å². The minimum absolute atomic E-state index is 0.0221. The van der Waals surface area contributed by atoms with Gasteiger partial charge in [-0.25, -0.2) is 9.59 Å². The molecule has 3 rings (SSSR count). The molecule has 5 nitrogen and oxygen atoms in total. The molecule has 0 unspecified atom stereocenters. The Bertz CT molecular complexity index is 1010. The zero-order chi connectivity index (χ0) is 20.1. The molecule has 2 aromatic carbocycles. The van der Waals surface area contributed by atoms with Crippen molar-refractivity contribution >= 4 is 5.97 Å². The van der Waals surface area contributed by atoms with E-state index in [9.17, 15) is 14.7 Å². The highest BCUT2D eigenvalue weighted by Crippen LogP contribution is 2.24. The third kappa shape index (κ3) is 4.09. The number of hydrogen-bond donors (Lipinski definition) is 1. The van der Waals surface area contributed by atoms with Gasteiger partial charge in [-0.2, -0.15) is 0 Å². The molecule has 0 amide bonds. The number of carboxylic acids is 1. The van der Waals surface area contributed by atoms with Gasteiger partial charge in [0, 0.05) is 18.4 Å². The molecule has 3 aromatic rings. The van der Waals surface area contributed by atoms with E-state index >= 15 is 0 Å². The molecule has 1 aromatic heterocycles. The molecule has 146 valence electrons. The summed E-state index contributed by atoms with van der Waals surface area (Å²) >= 11 is 0. The standard InChI is InChI=1S/C23H26N2O3/c1-3-5-8-19-16-24(4-2)23(28)25(19)15-17-11-13-18(14-12-17)20-9-6-7-10-21(20)22(26)27/h6-7,9-14,16H,3-5,8,15H2,1-2H3,(H,26,27). The summed E-state index contributed by atoms with van der Waals surface area (Å²) in [5, 5.41) is 9.39. The third-order valence-electron chi connectivity index (χ3n) is 5.02. The summed E-state index contributed by atoms with van der Waals surface area (Å²) in [5.74, 6) is -0.937. The van der Waals surface area contributed by atoms with Crippen molar-refractivity contribution in [3.8, 4) is 11.1 Å². The lowest BCUT2D eigenvalue weighted by Crippen LogP contribution is -2.25. The average molecular weight is 378 g/mol. The van der Waals surface area contributed by atoms with E-state index in [2.05, 4.69) is 6.92 Å². The summed E-state index contributed by atoms with van der Waals surface area (Å²) in [6, 6.07) is 14.8. The summed E-state index contributed by atoms with van der Waals surface area (Å²) < 4.78 is 3.60. The Hall–Kier alpha value is -3.08. The van der Waals surface area contributed by atoms with Crippen LogP contribution in [0.4, 0.5) is 0 Å². The van der Waals surface area contributed by atoms with Gasteiger partial charge in [-0.3, -0.25) is 9.13 Å². The van der Waals surface area contributed by atoms with Crippen LogP contribution in [0.25, 0.3) is 11.1 Å². The predicted molar refractivity (Wildman–Crippen MR) is 111 cm³/mol. The van der Waals surface area contributed by atoms with Crippen LogP contribution in [-0.4, -0.2) is 20.2 Å². The normalized spacial score (nSPS) is 10.9. The maximum absolute atomic E-state index is 12.7. The van der Waals surface area contributed by atoms with Crippen LogP contribution in [0.15, 0.2) is 59.5 Å². The number of aromatic nitrogens is 2. The van der Waals surface area contributed by atoms with Crippen LogP contribution in [0.5, 0.6) is 0 Å². The van der Waals surface area contributed by atoms with Gasteiger partial charge in [0.2, 0.25) is 0 Å². The summed E-state index contributed by atoms with van der Waals surface area (Å²) in [4.78, 5) is 24.1. The molecular formula is C23H26N2O3. The highest BCUT2D eigenvalue weighted by molar-refractivity contribution is 5.95. The number of carbonyl (C=O) groups is 1. The second-order valence-electron chi connectivity index (χ2n) is 6.93. The molecule has 0 bridgehead atoms. The third-order valence-corrected chi connectivity index (χ3v) is 5.02. The monoisotopic (exact) mass is 378 g/mol. The number of unbranched alkanes of at least 4 members (excludes halogenated alkanes) is 1. The minimum Gasteiger partial charge on any atom is -0.478 e. The SMILES string of the molecule is CCCCc1cn(CC)c(=O)n1Cc1ccc(-c2ccccc2C(=O)O)cc1. The number of rotatable bonds is 8. The highest BCUT2D eigenvalue weighted by Gasteiger charge is 2.13. The van der Waals surface area contributed by atoms with Crippen LogP contribution in [0.3, 0.4) is 0 Å². The van der Waals surface area contributed by atoms with E-state index in [1.165, 1.54) is 0 Å². The number of nitrogens with zero attached hydrogens (tertiary/aromatic N) is 2. The topological polar surface area (TPSA) is 64.2 Å². The van der Waals surface area contributed by atoms with Crippen molar-refractivity contribution in [3.05, 3.63) is 82.0 Å². The average Bonchev–Trinajstić information content (AvgIpc) is 3.01. The van der Waals surface area contributed by atoms with Crippen LogP contribution >= 0.6 is 0 Å². The maximum Gasteiger partial charge on any atom is 0.336 e.